The highest BCUT2D eigenvalue weighted by Crippen LogP contribution is 2.28. The lowest BCUT2D eigenvalue weighted by molar-refractivity contribution is -0.115. The summed E-state index contributed by atoms with van der Waals surface area (Å²) in [5.74, 6) is 0.0933. The van der Waals surface area contributed by atoms with Crippen LogP contribution in [0.5, 0.6) is 0 Å². The summed E-state index contributed by atoms with van der Waals surface area (Å²) in [5.41, 5.74) is 0.174. The molecule has 126 valence electrons. The van der Waals surface area contributed by atoms with Gasteiger partial charge in [0, 0.05) is 0 Å². The molecule has 6 nitrogen and oxygen atoms in total. The third-order valence-corrected chi connectivity index (χ3v) is 4.50. The molecule has 2 N–H and O–H groups in total. The van der Waals surface area contributed by atoms with Crippen molar-refractivity contribution in [2.45, 2.75) is 24.9 Å². The Labute approximate surface area is 130 Å². The maximum Gasteiger partial charge on any atom is 0.405 e. The highest BCUT2D eigenvalue weighted by Gasteiger charge is 2.28. The van der Waals surface area contributed by atoms with E-state index in [-0.39, 0.29) is 27.7 Å². The van der Waals surface area contributed by atoms with Crippen molar-refractivity contribution in [1.29, 1.82) is 0 Å². The molecule has 0 fully saturated rings. The van der Waals surface area contributed by atoms with Gasteiger partial charge in [0.15, 0.2) is 10.7 Å². The molecule has 0 aliphatic carbocycles. The summed E-state index contributed by atoms with van der Waals surface area (Å²) in [4.78, 5) is -0.136. The third kappa shape index (κ3) is 4.15. The van der Waals surface area contributed by atoms with Crippen molar-refractivity contribution in [3.63, 3.8) is 0 Å². The van der Waals surface area contributed by atoms with E-state index in [1.165, 1.54) is 38.1 Å². The Morgan fingerprint density at radius 1 is 1.17 bits per heavy atom. The van der Waals surface area contributed by atoms with Gasteiger partial charge in [-0.25, -0.2) is 8.42 Å². The second-order valence-corrected chi connectivity index (χ2v) is 6.39. The average Bonchev–Trinajstić information content (AvgIpc) is 2.76. The number of anilines is 2. The normalized spacial score (nSPS) is 12.2. The first kappa shape index (κ1) is 17.1. The molecule has 0 unspecified atom stereocenters. The number of sulfonamides is 1. The molecule has 0 saturated carbocycles. The number of nitrogens with one attached hydrogen (secondary N) is 2. The summed E-state index contributed by atoms with van der Waals surface area (Å²) in [6.45, 7) is 1.61. The third-order valence-electron chi connectivity index (χ3n) is 2.89. The molecule has 2 rings (SSSR count). The molecule has 0 spiro atoms. The highest BCUT2D eigenvalue weighted by molar-refractivity contribution is 7.92. The van der Waals surface area contributed by atoms with Gasteiger partial charge in [-0.05, 0) is 26.0 Å². The first-order chi connectivity index (χ1) is 10.6. The second kappa shape index (κ2) is 6.11. The van der Waals surface area contributed by atoms with E-state index >= 15 is 0 Å². The lowest BCUT2D eigenvalue weighted by Crippen LogP contribution is -2.22. The van der Waals surface area contributed by atoms with Crippen LogP contribution in [0.4, 0.5) is 24.5 Å². The van der Waals surface area contributed by atoms with Crippen LogP contribution in [0, 0.1) is 13.8 Å². The lowest BCUT2D eigenvalue weighted by Gasteiger charge is -2.15. The molecule has 23 heavy (non-hydrogen) atoms. The molecule has 0 aliphatic rings. The fourth-order valence-electron chi connectivity index (χ4n) is 1.98. The van der Waals surface area contributed by atoms with E-state index in [4.69, 9.17) is 4.52 Å². The van der Waals surface area contributed by atoms with Crippen molar-refractivity contribution in [2.75, 3.05) is 16.6 Å². The minimum Gasteiger partial charge on any atom is -0.375 e. The predicted octanol–water partition coefficient (Wildman–Crippen LogP) is 3.07. The molecule has 10 heteroatoms. The van der Waals surface area contributed by atoms with Crippen LogP contribution in [-0.2, 0) is 10.0 Å². The van der Waals surface area contributed by atoms with Gasteiger partial charge in [-0.15, -0.1) is 0 Å². The van der Waals surface area contributed by atoms with Gasteiger partial charge in [-0.1, -0.05) is 17.3 Å². The Bertz CT molecular complexity index is 781. The monoisotopic (exact) mass is 349 g/mol. The van der Waals surface area contributed by atoms with Gasteiger partial charge in [0.25, 0.3) is 10.0 Å². The van der Waals surface area contributed by atoms with Gasteiger partial charge >= 0.3 is 6.18 Å². The quantitative estimate of drug-likeness (QED) is 0.867. The number of para-hydroxylation sites is 2. The van der Waals surface area contributed by atoms with Crippen LogP contribution in [-0.4, -0.2) is 26.3 Å². The SMILES string of the molecule is Cc1noc(C)c1S(=O)(=O)Nc1ccccc1NCC(F)(F)F. The fraction of sp³-hybridized carbons (Fsp3) is 0.308. The van der Waals surface area contributed by atoms with E-state index in [1.807, 2.05) is 0 Å². The average molecular weight is 349 g/mol. The Balaban J connectivity index is 2.30. The van der Waals surface area contributed by atoms with Gasteiger partial charge in [0.1, 0.15) is 12.2 Å². The largest absolute Gasteiger partial charge is 0.405 e. The molecule has 0 amide bonds. The summed E-state index contributed by atoms with van der Waals surface area (Å²) >= 11 is 0. The van der Waals surface area contributed by atoms with Crippen LogP contribution in [0.2, 0.25) is 0 Å². The molecule has 0 bridgehead atoms. The number of hydrogen-bond donors (Lipinski definition) is 2. The van der Waals surface area contributed by atoms with Gasteiger partial charge in [0.05, 0.1) is 11.4 Å². The standard InChI is InChI=1S/C13H14F3N3O3S/c1-8-12(9(2)22-18-8)23(20,21)19-11-6-4-3-5-10(11)17-7-13(14,15)16/h3-6,17,19H,7H2,1-2H3. The van der Waals surface area contributed by atoms with Crippen molar-refractivity contribution < 1.29 is 26.1 Å². The van der Waals surface area contributed by atoms with Crippen LogP contribution >= 0.6 is 0 Å². The minimum absolute atomic E-state index is 0.00301. The van der Waals surface area contributed by atoms with Gasteiger partial charge in [0.2, 0.25) is 0 Å². The van der Waals surface area contributed by atoms with Crippen LogP contribution in [0.1, 0.15) is 11.5 Å². The van der Waals surface area contributed by atoms with E-state index in [1.54, 1.807) is 0 Å². The zero-order valence-electron chi connectivity index (χ0n) is 12.2. The van der Waals surface area contributed by atoms with E-state index in [0.29, 0.717) is 0 Å². The van der Waals surface area contributed by atoms with E-state index in [2.05, 4.69) is 15.2 Å². The van der Waals surface area contributed by atoms with Crippen molar-refractivity contribution in [3.8, 4) is 0 Å². The Morgan fingerprint density at radius 3 is 2.30 bits per heavy atom. The first-order valence-electron chi connectivity index (χ1n) is 6.45. The number of rotatable bonds is 5. The molecule has 1 aromatic heterocycles. The smallest absolute Gasteiger partial charge is 0.375 e. The fourth-order valence-corrected chi connectivity index (χ4v) is 3.39. The molecule has 0 aliphatic heterocycles. The molecule has 0 radical (unpaired) electrons. The van der Waals surface area contributed by atoms with Crippen molar-refractivity contribution >= 4 is 21.4 Å². The number of aromatic nitrogens is 1. The summed E-state index contributed by atoms with van der Waals surface area (Å²) in [6, 6.07) is 5.70. The number of nitrogens with zero attached hydrogens (tertiary/aromatic N) is 1. The van der Waals surface area contributed by atoms with Crippen molar-refractivity contribution in [1.82, 2.24) is 5.16 Å². The van der Waals surface area contributed by atoms with Crippen LogP contribution in [0.15, 0.2) is 33.7 Å². The second-order valence-electron chi connectivity index (χ2n) is 4.77. The first-order valence-corrected chi connectivity index (χ1v) is 7.94. The van der Waals surface area contributed by atoms with Crippen LogP contribution in [0.25, 0.3) is 0 Å². The van der Waals surface area contributed by atoms with E-state index in [9.17, 15) is 21.6 Å². The Morgan fingerprint density at radius 2 is 1.78 bits per heavy atom. The summed E-state index contributed by atoms with van der Waals surface area (Å²) in [6.07, 6.45) is -4.42. The number of aryl methyl sites for hydroxylation is 2. The zero-order valence-corrected chi connectivity index (χ0v) is 13.0. The molecule has 1 heterocycles. The molecule has 2 aromatic rings. The molecular weight excluding hydrogens is 335 g/mol. The van der Waals surface area contributed by atoms with E-state index in [0.717, 1.165) is 0 Å². The number of halogens is 3. The van der Waals surface area contributed by atoms with Gasteiger partial charge in [-0.3, -0.25) is 4.72 Å². The number of alkyl halides is 3. The number of benzene rings is 1. The number of hydrogen-bond acceptors (Lipinski definition) is 5. The van der Waals surface area contributed by atoms with E-state index < -0.39 is 22.7 Å². The zero-order chi connectivity index (χ0) is 17.3. The topological polar surface area (TPSA) is 84.2 Å². The molecular formula is C13H14F3N3O3S. The Kier molecular flexibility index (Phi) is 4.55. The summed E-state index contributed by atoms with van der Waals surface area (Å²) in [7, 11) is -4.04. The lowest BCUT2D eigenvalue weighted by atomic mass is 10.3. The van der Waals surface area contributed by atoms with Crippen molar-refractivity contribution in [3.05, 3.63) is 35.7 Å². The predicted molar refractivity (Wildman–Crippen MR) is 77.8 cm³/mol. The highest BCUT2D eigenvalue weighted by atomic mass is 32.2. The summed E-state index contributed by atoms with van der Waals surface area (Å²) < 4.78 is 68.8. The minimum atomic E-state index is -4.42. The molecule has 1 aromatic carbocycles. The molecule has 0 atom stereocenters. The van der Waals surface area contributed by atoms with Crippen LogP contribution in [0.3, 0.4) is 0 Å². The van der Waals surface area contributed by atoms with Gasteiger partial charge in [-0.2, -0.15) is 13.2 Å². The maximum atomic E-state index is 12.4. The maximum absolute atomic E-state index is 12.4. The Hall–Kier alpha value is -2.23. The van der Waals surface area contributed by atoms with Crippen LogP contribution < -0.4 is 10.0 Å². The van der Waals surface area contributed by atoms with Crippen molar-refractivity contribution in [2.24, 2.45) is 0 Å². The summed E-state index contributed by atoms with van der Waals surface area (Å²) in [5, 5.41) is 5.72. The van der Waals surface area contributed by atoms with Gasteiger partial charge < -0.3 is 9.84 Å². The molecule has 0 saturated heterocycles.